The normalized spacial score (nSPS) is 18.1. The summed E-state index contributed by atoms with van der Waals surface area (Å²) < 4.78 is 5.05. The van der Waals surface area contributed by atoms with E-state index < -0.39 is 5.97 Å². The number of benzene rings is 1. The fraction of sp³-hybridized carbons (Fsp3) is 0.467. The molecule has 1 fully saturated rings. The number of carbonyl (C=O) groups is 2. The predicted octanol–water partition coefficient (Wildman–Crippen LogP) is 3.13. The van der Waals surface area contributed by atoms with E-state index in [9.17, 15) is 9.59 Å². The van der Waals surface area contributed by atoms with Gasteiger partial charge in [0.05, 0.1) is 16.3 Å². The van der Waals surface area contributed by atoms with E-state index in [1.54, 1.807) is 4.90 Å². The molecule has 1 aliphatic rings. The molecule has 1 aromatic rings. The summed E-state index contributed by atoms with van der Waals surface area (Å²) in [6, 6.07) is 2.99. The van der Waals surface area contributed by atoms with E-state index in [2.05, 4.69) is 0 Å². The molecule has 0 saturated carbocycles. The lowest BCUT2D eigenvalue weighted by Gasteiger charge is -2.33. The summed E-state index contributed by atoms with van der Waals surface area (Å²) in [5.74, 6) is -0.910. The van der Waals surface area contributed by atoms with Crippen LogP contribution in [0.5, 0.6) is 0 Å². The van der Waals surface area contributed by atoms with Gasteiger partial charge >= 0.3 is 5.97 Å². The molecule has 1 heterocycles. The van der Waals surface area contributed by atoms with Crippen molar-refractivity contribution in [3.8, 4) is 0 Å². The van der Waals surface area contributed by atoms with Crippen LogP contribution in [0.1, 0.15) is 36.5 Å². The Labute approximate surface area is 139 Å². The van der Waals surface area contributed by atoms with Gasteiger partial charge in [-0.3, -0.25) is 4.79 Å². The molecule has 2 N–H and O–H groups in total. The first-order chi connectivity index (χ1) is 10.4. The van der Waals surface area contributed by atoms with Gasteiger partial charge in [-0.1, -0.05) is 23.2 Å². The van der Waals surface area contributed by atoms with Crippen LogP contribution < -0.4 is 5.73 Å². The van der Waals surface area contributed by atoms with Crippen LogP contribution in [0.15, 0.2) is 12.1 Å². The van der Waals surface area contributed by atoms with Crippen LogP contribution in [0.4, 0.5) is 5.69 Å². The molecule has 120 valence electrons. The highest BCUT2D eigenvalue weighted by molar-refractivity contribution is 6.37. The standard InChI is InChI=1S/C15H18Cl2N2O3/c1-9-4-2-3-5-19(9)13(20)8-22-15(21)11-6-10(16)7-12(17)14(11)18/h6-7,9H,2-5,8,18H2,1H3/t9-/m0/s1. The van der Waals surface area contributed by atoms with Crippen LogP contribution in [-0.4, -0.2) is 36.0 Å². The molecule has 0 aliphatic carbocycles. The number of esters is 1. The van der Waals surface area contributed by atoms with Crippen molar-refractivity contribution in [1.82, 2.24) is 4.90 Å². The Bertz CT molecular complexity index is 592. The highest BCUT2D eigenvalue weighted by atomic mass is 35.5. The SMILES string of the molecule is C[C@H]1CCCCN1C(=O)COC(=O)c1cc(Cl)cc(Cl)c1N. The average molecular weight is 345 g/mol. The highest BCUT2D eigenvalue weighted by Gasteiger charge is 2.24. The predicted molar refractivity (Wildman–Crippen MR) is 86.2 cm³/mol. The van der Waals surface area contributed by atoms with Crippen molar-refractivity contribution in [3.05, 3.63) is 27.7 Å². The van der Waals surface area contributed by atoms with Crippen molar-refractivity contribution >= 4 is 40.8 Å². The third-order valence-electron chi connectivity index (χ3n) is 3.76. The highest BCUT2D eigenvalue weighted by Crippen LogP contribution is 2.28. The Morgan fingerprint density at radius 1 is 1.36 bits per heavy atom. The number of anilines is 1. The van der Waals surface area contributed by atoms with Crippen LogP contribution in [0.25, 0.3) is 0 Å². The summed E-state index contributed by atoms with van der Waals surface area (Å²) in [6.07, 6.45) is 3.06. The molecule has 1 aliphatic heterocycles. The van der Waals surface area contributed by atoms with Gasteiger partial charge in [0.25, 0.3) is 5.91 Å². The molecule has 7 heteroatoms. The Hall–Kier alpha value is -1.46. The van der Waals surface area contributed by atoms with Gasteiger partial charge in [-0.2, -0.15) is 0 Å². The quantitative estimate of drug-likeness (QED) is 0.675. The Morgan fingerprint density at radius 2 is 2.09 bits per heavy atom. The topological polar surface area (TPSA) is 72.6 Å². The van der Waals surface area contributed by atoms with Crippen LogP contribution in [0.3, 0.4) is 0 Å². The third-order valence-corrected chi connectivity index (χ3v) is 4.30. The second-order valence-electron chi connectivity index (χ2n) is 5.36. The molecular weight excluding hydrogens is 327 g/mol. The molecule has 0 radical (unpaired) electrons. The number of halogens is 2. The van der Waals surface area contributed by atoms with Gasteiger partial charge in [-0.25, -0.2) is 4.79 Å². The number of amides is 1. The lowest BCUT2D eigenvalue weighted by Crippen LogP contribution is -2.44. The average Bonchev–Trinajstić information content (AvgIpc) is 2.48. The number of ether oxygens (including phenoxy) is 1. The van der Waals surface area contributed by atoms with Crippen LogP contribution >= 0.6 is 23.2 Å². The van der Waals surface area contributed by atoms with Gasteiger partial charge in [-0.15, -0.1) is 0 Å². The second kappa shape index (κ2) is 7.20. The van der Waals surface area contributed by atoms with Crippen molar-refractivity contribution < 1.29 is 14.3 Å². The second-order valence-corrected chi connectivity index (χ2v) is 6.20. The molecule has 22 heavy (non-hydrogen) atoms. The minimum atomic E-state index is -0.708. The molecule has 5 nitrogen and oxygen atoms in total. The first-order valence-corrected chi connectivity index (χ1v) is 7.87. The monoisotopic (exact) mass is 344 g/mol. The van der Waals surface area contributed by atoms with Crippen molar-refractivity contribution in [2.75, 3.05) is 18.9 Å². The van der Waals surface area contributed by atoms with E-state index in [-0.39, 0.29) is 39.9 Å². The number of hydrogen-bond donors (Lipinski definition) is 1. The van der Waals surface area contributed by atoms with Crippen LogP contribution in [0.2, 0.25) is 10.0 Å². The third kappa shape index (κ3) is 3.84. The number of piperidine rings is 1. The summed E-state index contributed by atoms with van der Waals surface area (Å²) in [5.41, 5.74) is 5.90. The molecule has 1 aromatic carbocycles. The van der Waals surface area contributed by atoms with Gasteiger partial charge < -0.3 is 15.4 Å². The van der Waals surface area contributed by atoms with Crippen LogP contribution in [-0.2, 0) is 9.53 Å². The van der Waals surface area contributed by atoms with Gasteiger partial charge in [0.2, 0.25) is 0 Å². The summed E-state index contributed by atoms with van der Waals surface area (Å²) >= 11 is 11.7. The van der Waals surface area contributed by atoms with Gasteiger partial charge in [0, 0.05) is 17.6 Å². The number of nitrogens with two attached hydrogens (primary N) is 1. The van der Waals surface area contributed by atoms with Gasteiger partial charge in [0.1, 0.15) is 0 Å². The minimum absolute atomic E-state index is 0.0667. The molecule has 1 atom stereocenters. The first kappa shape index (κ1) is 16.9. The number of carbonyl (C=O) groups excluding carboxylic acids is 2. The molecule has 1 saturated heterocycles. The Kier molecular flexibility index (Phi) is 5.53. The zero-order valence-corrected chi connectivity index (χ0v) is 13.8. The summed E-state index contributed by atoms with van der Waals surface area (Å²) in [4.78, 5) is 25.9. The fourth-order valence-corrected chi connectivity index (χ4v) is 3.00. The number of rotatable bonds is 3. The molecular formula is C15H18Cl2N2O3. The first-order valence-electron chi connectivity index (χ1n) is 7.11. The molecule has 0 unspecified atom stereocenters. The van der Waals surface area contributed by atoms with Crippen molar-refractivity contribution in [2.45, 2.75) is 32.2 Å². The molecule has 1 amide bonds. The summed E-state index contributed by atoms with van der Waals surface area (Å²) in [7, 11) is 0. The summed E-state index contributed by atoms with van der Waals surface area (Å²) in [5, 5.41) is 0.456. The van der Waals surface area contributed by atoms with E-state index in [0.29, 0.717) is 6.54 Å². The van der Waals surface area contributed by atoms with Crippen molar-refractivity contribution in [1.29, 1.82) is 0 Å². The maximum atomic E-state index is 12.1. The van der Waals surface area contributed by atoms with Gasteiger partial charge in [0.15, 0.2) is 6.61 Å². The van der Waals surface area contributed by atoms with E-state index in [1.165, 1.54) is 12.1 Å². The molecule has 0 aromatic heterocycles. The van der Waals surface area contributed by atoms with E-state index in [1.807, 2.05) is 6.92 Å². The largest absolute Gasteiger partial charge is 0.452 e. The lowest BCUT2D eigenvalue weighted by atomic mass is 10.0. The minimum Gasteiger partial charge on any atom is -0.452 e. The van der Waals surface area contributed by atoms with E-state index in [0.717, 1.165) is 19.3 Å². The van der Waals surface area contributed by atoms with Crippen molar-refractivity contribution in [3.63, 3.8) is 0 Å². The number of hydrogen-bond acceptors (Lipinski definition) is 4. The number of nitrogens with zero attached hydrogens (tertiary/aromatic N) is 1. The van der Waals surface area contributed by atoms with E-state index >= 15 is 0 Å². The number of likely N-dealkylation sites (tertiary alicyclic amines) is 1. The lowest BCUT2D eigenvalue weighted by molar-refractivity contribution is -0.137. The molecule has 0 spiro atoms. The summed E-state index contributed by atoms with van der Waals surface area (Å²) in [6.45, 7) is 2.38. The Balaban J connectivity index is 1.99. The maximum Gasteiger partial charge on any atom is 0.340 e. The van der Waals surface area contributed by atoms with Gasteiger partial charge in [-0.05, 0) is 38.3 Å². The molecule has 2 rings (SSSR count). The fourth-order valence-electron chi connectivity index (χ4n) is 2.51. The Morgan fingerprint density at radius 3 is 2.77 bits per heavy atom. The van der Waals surface area contributed by atoms with Crippen LogP contribution in [0, 0.1) is 0 Å². The molecule has 0 bridgehead atoms. The number of nitrogen functional groups attached to an aromatic ring is 1. The van der Waals surface area contributed by atoms with Crippen molar-refractivity contribution in [2.24, 2.45) is 0 Å². The zero-order chi connectivity index (χ0) is 16.3. The zero-order valence-electron chi connectivity index (χ0n) is 12.3. The maximum absolute atomic E-state index is 12.1. The smallest absolute Gasteiger partial charge is 0.340 e. The van der Waals surface area contributed by atoms with E-state index in [4.69, 9.17) is 33.7 Å².